The summed E-state index contributed by atoms with van der Waals surface area (Å²) in [5.74, 6) is 0. The van der Waals surface area contributed by atoms with E-state index in [1.165, 1.54) is 19.6 Å². The van der Waals surface area contributed by atoms with Crippen molar-refractivity contribution in [3.05, 3.63) is 40.3 Å². The zero-order valence-corrected chi connectivity index (χ0v) is 12.0. The van der Waals surface area contributed by atoms with E-state index in [4.69, 9.17) is 4.42 Å². The summed E-state index contributed by atoms with van der Waals surface area (Å²) in [6, 6.07) is 2.66. The molecule has 2 N–H and O–H groups in total. The molecule has 108 valence electrons. The molecule has 10 heteroatoms. The maximum absolute atomic E-state index is 12.0. The number of nitrogens with one attached hydrogen (secondary N) is 2. The number of furan rings is 1. The minimum absolute atomic E-state index is 0.0550. The van der Waals surface area contributed by atoms with Crippen molar-refractivity contribution in [2.75, 3.05) is 12.4 Å². The van der Waals surface area contributed by atoms with E-state index in [9.17, 15) is 18.5 Å². The Morgan fingerprint density at radius 1 is 1.50 bits per heavy atom. The summed E-state index contributed by atoms with van der Waals surface area (Å²) in [5, 5.41) is 13.6. The van der Waals surface area contributed by atoms with Crippen molar-refractivity contribution >= 4 is 32.0 Å². The summed E-state index contributed by atoms with van der Waals surface area (Å²) >= 11 is 0.805. The fraction of sp³-hybridized carbons (Fsp3) is 0.200. The minimum atomic E-state index is -3.80. The molecule has 0 unspecified atom stereocenters. The van der Waals surface area contributed by atoms with Crippen molar-refractivity contribution in [1.82, 2.24) is 4.72 Å². The zero-order valence-electron chi connectivity index (χ0n) is 10.3. The Bertz CT molecular complexity index is 705. The van der Waals surface area contributed by atoms with Gasteiger partial charge in [0, 0.05) is 25.2 Å². The van der Waals surface area contributed by atoms with Crippen molar-refractivity contribution in [1.29, 1.82) is 0 Å². The number of nitro groups is 1. The molecule has 0 saturated heterocycles. The number of thiophene rings is 1. The fourth-order valence-corrected chi connectivity index (χ4v) is 3.79. The first-order chi connectivity index (χ1) is 9.44. The molecule has 0 atom stereocenters. The molecule has 0 aliphatic carbocycles. The van der Waals surface area contributed by atoms with Crippen LogP contribution < -0.4 is 10.0 Å². The number of nitrogens with zero attached hydrogens (tertiary/aromatic N) is 1. The third kappa shape index (κ3) is 2.98. The Morgan fingerprint density at radius 3 is 2.75 bits per heavy atom. The van der Waals surface area contributed by atoms with Crippen molar-refractivity contribution in [3.8, 4) is 0 Å². The normalized spacial score (nSPS) is 11.4. The highest BCUT2D eigenvalue weighted by Gasteiger charge is 2.25. The van der Waals surface area contributed by atoms with Gasteiger partial charge in [-0.15, -0.1) is 0 Å². The number of sulfonamides is 1. The van der Waals surface area contributed by atoms with Crippen LogP contribution in [0, 0.1) is 10.1 Å². The Hall–Kier alpha value is -1.91. The molecule has 0 aliphatic rings. The molecule has 0 aromatic carbocycles. The predicted molar refractivity (Wildman–Crippen MR) is 73.3 cm³/mol. The summed E-state index contributed by atoms with van der Waals surface area (Å²) in [5.41, 5.74) is 0.398. The first-order valence-electron chi connectivity index (χ1n) is 5.41. The first-order valence-corrected chi connectivity index (χ1v) is 7.70. The van der Waals surface area contributed by atoms with Crippen molar-refractivity contribution < 1.29 is 17.8 Å². The lowest BCUT2D eigenvalue weighted by Gasteiger charge is -2.01. The van der Waals surface area contributed by atoms with Crippen LogP contribution in [0.25, 0.3) is 0 Å². The van der Waals surface area contributed by atoms with Gasteiger partial charge in [-0.3, -0.25) is 10.1 Å². The fourth-order valence-electron chi connectivity index (χ4n) is 1.45. The molecule has 0 fully saturated rings. The molecule has 0 aliphatic heterocycles. The average Bonchev–Trinajstić information content (AvgIpc) is 3.05. The van der Waals surface area contributed by atoms with Crippen LogP contribution in [-0.4, -0.2) is 20.4 Å². The van der Waals surface area contributed by atoms with E-state index in [0.29, 0.717) is 5.56 Å². The number of anilines is 1. The van der Waals surface area contributed by atoms with Gasteiger partial charge in [0.25, 0.3) is 10.0 Å². The number of hydrogen-bond acceptors (Lipinski definition) is 7. The van der Waals surface area contributed by atoms with Crippen LogP contribution in [0.15, 0.2) is 33.3 Å². The molecule has 2 rings (SSSR count). The van der Waals surface area contributed by atoms with Gasteiger partial charge in [0.2, 0.25) is 0 Å². The van der Waals surface area contributed by atoms with Crippen LogP contribution in [0.1, 0.15) is 5.56 Å². The van der Waals surface area contributed by atoms with E-state index in [0.717, 1.165) is 17.4 Å². The van der Waals surface area contributed by atoms with Crippen LogP contribution in [0.2, 0.25) is 0 Å². The predicted octanol–water partition coefficient (Wildman–Crippen LogP) is 1.77. The van der Waals surface area contributed by atoms with Gasteiger partial charge in [-0.1, -0.05) is 11.3 Å². The Balaban J connectivity index is 2.23. The van der Waals surface area contributed by atoms with Crippen LogP contribution in [0.5, 0.6) is 0 Å². The van der Waals surface area contributed by atoms with Gasteiger partial charge in [0.15, 0.2) is 5.00 Å². The van der Waals surface area contributed by atoms with Gasteiger partial charge < -0.3 is 9.73 Å². The van der Waals surface area contributed by atoms with Gasteiger partial charge in [-0.05, 0) is 6.07 Å². The maximum atomic E-state index is 12.0. The van der Waals surface area contributed by atoms with Crippen LogP contribution in [0.3, 0.4) is 0 Å². The lowest BCUT2D eigenvalue weighted by atomic mass is 10.4. The van der Waals surface area contributed by atoms with Crippen LogP contribution in [0.4, 0.5) is 10.7 Å². The largest absolute Gasteiger partial charge is 0.472 e. The van der Waals surface area contributed by atoms with Gasteiger partial charge in [-0.25, -0.2) is 13.1 Å². The topological polar surface area (TPSA) is 114 Å². The molecular formula is C10H11N3O5S2. The zero-order chi connectivity index (χ0) is 14.8. The van der Waals surface area contributed by atoms with E-state index in [2.05, 4.69) is 10.0 Å². The van der Waals surface area contributed by atoms with Crippen molar-refractivity contribution in [2.45, 2.75) is 10.8 Å². The monoisotopic (exact) mass is 317 g/mol. The van der Waals surface area contributed by atoms with E-state index >= 15 is 0 Å². The Kier molecular flexibility index (Phi) is 4.06. The van der Waals surface area contributed by atoms with E-state index < -0.39 is 14.9 Å². The van der Waals surface area contributed by atoms with Crippen LogP contribution >= 0.6 is 11.3 Å². The molecule has 2 aromatic rings. The molecule has 2 aromatic heterocycles. The lowest BCUT2D eigenvalue weighted by molar-refractivity contribution is -0.383. The number of rotatable bonds is 6. The van der Waals surface area contributed by atoms with E-state index in [1.54, 1.807) is 6.07 Å². The summed E-state index contributed by atoms with van der Waals surface area (Å²) in [6.07, 6.45) is 2.84. The summed E-state index contributed by atoms with van der Waals surface area (Å²) in [7, 11) is -2.31. The lowest BCUT2D eigenvalue weighted by Crippen LogP contribution is -2.22. The highest BCUT2D eigenvalue weighted by atomic mass is 32.2. The molecule has 0 amide bonds. The molecule has 0 saturated carbocycles. The molecular weight excluding hydrogens is 306 g/mol. The van der Waals surface area contributed by atoms with Gasteiger partial charge in [-0.2, -0.15) is 0 Å². The highest BCUT2D eigenvalue weighted by Crippen LogP contribution is 2.36. The summed E-state index contributed by atoms with van der Waals surface area (Å²) < 4.78 is 31.2. The van der Waals surface area contributed by atoms with Crippen molar-refractivity contribution in [2.24, 2.45) is 0 Å². The summed E-state index contributed by atoms with van der Waals surface area (Å²) in [6.45, 7) is 0.0550. The van der Waals surface area contributed by atoms with Gasteiger partial charge in [0.05, 0.1) is 17.4 Å². The summed E-state index contributed by atoms with van der Waals surface area (Å²) in [4.78, 5) is 10.2. The van der Waals surface area contributed by atoms with Crippen molar-refractivity contribution in [3.63, 3.8) is 0 Å². The van der Waals surface area contributed by atoms with Crippen LogP contribution in [-0.2, 0) is 16.6 Å². The van der Waals surface area contributed by atoms with Gasteiger partial charge >= 0.3 is 5.69 Å². The average molecular weight is 317 g/mol. The Morgan fingerprint density at radius 2 is 2.25 bits per heavy atom. The molecule has 20 heavy (non-hydrogen) atoms. The third-order valence-electron chi connectivity index (χ3n) is 2.42. The van der Waals surface area contributed by atoms with Gasteiger partial charge in [0.1, 0.15) is 4.21 Å². The second-order valence-electron chi connectivity index (χ2n) is 3.74. The quantitative estimate of drug-likeness (QED) is 0.620. The minimum Gasteiger partial charge on any atom is -0.472 e. The third-order valence-corrected chi connectivity index (χ3v) is 5.44. The van der Waals surface area contributed by atoms with E-state index in [-0.39, 0.29) is 21.4 Å². The molecule has 0 bridgehead atoms. The second kappa shape index (κ2) is 5.61. The first kappa shape index (κ1) is 14.5. The SMILES string of the molecule is CNc1sc(S(=O)(=O)NCc2ccoc2)cc1[N+](=O)[O-]. The molecule has 8 nitrogen and oxygen atoms in total. The molecule has 0 spiro atoms. The Labute approximate surface area is 118 Å². The highest BCUT2D eigenvalue weighted by molar-refractivity contribution is 7.91. The maximum Gasteiger partial charge on any atom is 0.304 e. The molecule has 2 heterocycles. The standard InChI is InChI=1S/C10H11N3O5S2/c1-11-10-8(13(14)15)4-9(19-10)20(16,17)12-5-7-2-3-18-6-7/h2-4,6,11-12H,5H2,1H3. The molecule has 0 radical (unpaired) electrons. The second-order valence-corrected chi connectivity index (χ2v) is 6.79. The van der Waals surface area contributed by atoms with E-state index in [1.807, 2.05) is 0 Å². The smallest absolute Gasteiger partial charge is 0.304 e. The number of hydrogen-bond donors (Lipinski definition) is 2.